The first-order valence-electron chi connectivity index (χ1n) is 19.1. The van der Waals surface area contributed by atoms with Gasteiger partial charge in [0.15, 0.2) is 17.3 Å². The number of rotatable bonds is 12. The first kappa shape index (κ1) is 34.4. The van der Waals surface area contributed by atoms with Crippen LogP contribution in [0.15, 0.2) is 0 Å². The van der Waals surface area contributed by atoms with E-state index in [1.54, 1.807) is 0 Å². The van der Waals surface area contributed by atoms with Crippen molar-refractivity contribution >= 4 is 34.7 Å². The maximum atomic E-state index is 14.7. The molecule has 7 rings (SSSR count). The quantitative estimate of drug-likeness (QED) is 0.298. The second-order valence-electron chi connectivity index (χ2n) is 16.2. The van der Waals surface area contributed by atoms with Crippen LogP contribution in [0.25, 0.3) is 0 Å². The molecule has 0 spiro atoms. The van der Waals surface area contributed by atoms with Crippen molar-refractivity contribution in [2.45, 2.75) is 78.6 Å². The van der Waals surface area contributed by atoms with E-state index in [0.29, 0.717) is 77.6 Å². The molecule has 9 nitrogen and oxygen atoms in total. The summed E-state index contributed by atoms with van der Waals surface area (Å²) in [7, 11) is 0. The summed E-state index contributed by atoms with van der Waals surface area (Å²) in [5.74, 6) is -2.17. The Balaban J connectivity index is 1.26. The molecular weight excluding hydrogens is 612 g/mol. The molecule has 0 N–H and O–H groups in total. The molecule has 7 saturated carbocycles. The van der Waals surface area contributed by atoms with E-state index < -0.39 is 0 Å². The average Bonchev–Trinajstić information content (AvgIpc) is 3.68. The van der Waals surface area contributed by atoms with Gasteiger partial charge in [0.1, 0.15) is 37.2 Å². The molecule has 9 heteroatoms. The van der Waals surface area contributed by atoms with E-state index in [9.17, 15) is 28.8 Å². The van der Waals surface area contributed by atoms with E-state index >= 15 is 0 Å². The van der Waals surface area contributed by atoms with Crippen LogP contribution in [-0.4, -0.2) is 74.3 Å². The molecule has 7 fully saturated rings. The smallest absolute Gasteiger partial charge is 0.161 e. The standard InChI is InChI=1S/C39H54O9/c1-4-46-16-28(40)19-7-10-22-25(13-19)31-34(37(22)43)32-27-15-21(30(42)18-48-6-3)9-12-24(27)39(45)36(32)33-26-14-20(29(41)17-47-5-2)8-11-23(26)38(44)35(31)33/h19-27,31-36H,4-18H2,1-3H3. The van der Waals surface area contributed by atoms with E-state index in [0.717, 1.165) is 0 Å². The number of ether oxygens (including phenoxy) is 3. The zero-order chi connectivity index (χ0) is 33.9. The van der Waals surface area contributed by atoms with Gasteiger partial charge >= 0.3 is 0 Å². The van der Waals surface area contributed by atoms with Crippen LogP contribution in [0.5, 0.6) is 0 Å². The minimum Gasteiger partial charge on any atom is -0.374 e. The summed E-state index contributed by atoms with van der Waals surface area (Å²) < 4.78 is 16.5. The second-order valence-corrected chi connectivity index (χ2v) is 16.2. The number of hydrogen-bond donors (Lipinski definition) is 0. The van der Waals surface area contributed by atoms with Crippen molar-refractivity contribution in [3.63, 3.8) is 0 Å². The van der Waals surface area contributed by atoms with Gasteiger partial charge in [0.25, 0.3) is 0 Å². The first-order chi connectivity index (χ1) is 23.2. The van der Waals surface area contributed by atoms with Crippen molar-refractivity contribution in [3.8, 4) is 0 Å². The molecule has 0 aromatic heterocycles. The highest BCUT2D eigenvalue weighted by Gasteiger charge is 2.73. The molecule has 7 aliphatic carbocycles. The molecule has 0 heterocycles. The molecule has 9 unspecified atom stereocenters. The zero-order valence-corrected chi connectivity index (χ0v) is 28.9. The highest BCUT2D eigenvalue weighted by molar-refractivity contribution is 5.97. The predicted octanol–water partition coefficient (Wildman–Crippen LogP) is 4.36. The molecule has 7 aliphatic rings. The van der Waals surface area contributed by atoms with Gasteiger partial charge in [-0.2, -0.15) is 0 Å². The molecule has 264 valence electrons. The van der Waals surface area contributed by atoms with Crippen LogP contribution < -0.4 is 0 Å². The lowest BCUT2D eigenvalue weighted by atomic mass is 9.53. The van der Waals surface area contributed by atoms with Gasteiger partial charge in [-0.05, 0) is 114 Å². The maximum Gasteiger partial charge on any atom is 0.161 e. The lowest BCUT2D eigenvalue weighted by Crippen LogP contribution is -2.50. The monoisotopic (exact) mass is 666 g/mol. The lowest BCUT2D eigenvalue weighted by molar-refractivity contribution is -0.138. The molecule has 0 saturated heterocycles. The normalized spacial score (nSPS) is 44.3. The van der Waals surface area contributed by atoms with Crippen molar-refractivity contribution in [1.29, 1.82) is 0 Å². The van der Waals surface area contributed by atoms with Crippen molar-refractivity contribution < 1.29 is 43.0 Å². The van der Waals surface area contributed by atoms with Gasteiger partial charge < -0.3 is 14.2 Å². The largest absolute Gasteiger partial charge is 0.374 e. The van der Waals surface area contributed by atoms with E-state index in [4.69, 9.17) is 14.2 Å². The summed E-state index contributed by atoms with van der Waals surface area (Å²) in [5.41, 5.74) is 0. The predicted molar refractivity (Wildman–Crippen MR) is 173 cm³/mol. The van der Waals surface area contributed by atoms with Crippen LogP contribution in [0.1, 0.15) is 78.6 Å². The fourth-order valence-corrected chi connectivity index (χ4v) is 12.7. The topological polar surface area (TPSA) is 130 Å². The Bertz CT molecular complexity index is 1150. The number of ketones is 6. The Morgan fingerprint density at radius 2 is 0.750 bits per heavy atom. The summed E-state index contributed by atoms with van der Waals surface area (Å²) >= 11 is 0. The molecule has 9 atom stereocenters. The third-order valence-corrected chi connectivity index (χ3v) is 14.5. The van der Waals surface area contributed by atoms with Gasteiger partial charge in [-0.3, -0.25) is 28.8 Å². The van der Waals surface area contributed by atoms with E-state index in [1.165, 1.54) is 0 Å². The highest BCUT2D eigenvalue weighted by Crippen LogP contribution is 2.70. The van der Waals surface area contributed by atoms with Crippen molar-refractivity contribution in [2.24, 2.45) is 88.8 Å². The third-order valence-electron chi connectivity index (χ3n) is 14.5. The highest BCUT2D eigenvalue weighted by atomic mass is 16.5. The Kier molecular flexibility index (Phi) is 9.95. The van der Waals surface area contributed by atoms with Crippen LogP contribution in [0.2, 0.25) is 0 Å². The zero-order valence-electron chi connectivity index (χ0n) is 28.9. The molecule has 0 amide bonds. The summed E-state index contributed by atoms with van der Waals surface area (Å²) in [6, 6.07) is 0. The maximum absolute atomic E-state index is 14.7. The van der Waals surface area contributed by atoms with Gasteiger partial charge in [-0.25, -0.2) is 0 Å². The molecule has 0 bridgehead atoms. The van der Waals surface area contributed by atoms with Crippen molar-refractivity contribution in [2.75, 3.05) is 39.6 Å². The number of fused-ring (bicyclic) bond motifs is 12. The lowest BCUT2D eigenvalue weighted by Gasteiger charge is -2.49. The second kappa shape index (κ2) is 13.9. The number of Topliss-reactive ketones (excluding diaryl/α,β-unsaturated/α-hetero) is 6. The molecule has 0 radical (unpaired) electrons. The summed E-state index contributed by atoms with van der Waals surface area (Å²) in [4.78, 5) is 83.8. The SMILES string of the molecule is CCOCC(=O)C1CCC2C(=O)C3C(C2C1)C1C(=O)C2CCC(C(=O)COCC)CC2C1C1C(=O)C2CCC(C(=O)COCC)CC2C31. The fourth-order valence-electron chi connectivity index (χ4n) is 12.7. The van der Waals surface area contributed by atoms with Crippen LogP contribution >= 0.6 is 0 Å². The van der Waals surface area contributed by atoms with Gasteiger partial charge in [-0.15, -0.1) is 0 Å². The molecule has 0 aromatic rings. The van der Waals surface area contributed by atoms with Gasteiger partial charge in [0, 0.05) is 73.1 Å². The van der Waals surface area contributed by atoms with Crippen LogP contribution in [0, 0.1) is 88.8 Å². The summed E-state index contributed by atoms with van der Waals surface area (Å²) in [6.07, 6.45) is 5.67. The number of carbonyl (C=O) groups excluding carboxylic acids is 6. The fraction of sp³-hybridized carbons (Fsp3) is 0.846. The molecule has 0 aliphatic heterocycles. The summed E-state index contributed by atoms with van der Waals surface area (Å²) in [6.45, 7) is 7.26. The molecule has 48 heavy (non-hydrogen) atoms. The molecular formula is C39H54O9. The van der Waals surface area contributed by atoms with E-state index in [1.807, 2.05) is 20.8 Å². The van der Waals surface area contributed by atoms with E-state index in [-0.39, 0.29) is 143 Å². The van der Waals surface area contributed by atoms with Crippen LogP contribution in [0.3, 0.4) is 0 Å². The van der Waals surface area contributed by atoms with Crippen molar-refractivity contribution in [1.82, 2.24) is 0 Å². The third kappa shape index (κ3) is 5.53. The Morgan fingerprint density at radius 3 is 1.00 bits per heavy atom. The summed E-state index contributed by atoms with van der Waals surface area (Å²) in [5, 5.41) is 0. The molecule has 0 aromatic carbocycles. The van der Waals surface area contributed by atoms with E-state index in [2.05, 4.69) is 0 Å². The first-order valence-corrected chi connectivity index (χ1v) is 19.1. The average molecular weight is 667 g/mol. The van der Waals surface area contributed by atoms with Gasteiger partial charge in [0.05, 0.1) is 0 Å². The Labute approximate surface area is 284 Å². The minimum absolute atomic E-state index is 0.0621. The van der Waals surface area contributed by atoms with Gasteiger partial charge in [-0.1, -0.05) is 0 Å². The van der Waals surface area contributed by atoms with Crippen LogP contribution in [0.4, 0.5) is 0 Å². The minimum atomic E-state index is -0.383. The Morgan fingerprint density at radius 1 is 0.479 bits per heavy atom. The Hall–Kier alpha value is -2.10. The number of hydrogen-bond acceptors (Lipinski definition) is 9. The number of carbonyl (C=O) groups is 6. The van der Waals surface area contributed by atoms with Crippen LogP contribution in [-0.2, 0) is 43.0 Å². The van der Waals surface area contributed by atoms with Crippen molar-refractivity contribution in [3.05, 3.63) is 0 Å². The van der Waals surface area contributed by atoms with Gasteiger partial charge in [0.2, 0.25) is 0 Å².